The van der Waals surface area contributed by atoms with Gasteiger partial charge in [-0.3, -0.25) is 4.79 Å². The Kier molecular flexibility index (Phi) is 4.65. The first kappa shape index (κ1) is 14.9. The number of likely N-dealkylation sites (N-methyl/N-ethyl adjacent to an activating group) is 1. The summed E-state index contributed by atoms with van der Waals surface area (Å²) in [6.07, 6.45) is 2.45. The lowest BCUT2D eigenvalue weighted by Gasteiger charge is -2.31. The first-order valence-corrected chi connectivity index (χ1v) is 7.27. The van der Waals surface area contributed by atoms with Crippen LogP contribution in [0.5, 0.6) is 5.75 Å². The topological polar surface area (TPSA) is 55.6 Å². The number of ether oxygens (including phenoxy) is 1. The molecule has 1 fully saturated rings. The lowest BCUT2D eigenvalue weighted by Crippen LogP contribution is -2.39. The molecule has 2 rings (SSSR count). The molecule has 1 aliphatic rings. The molecule has 1 heterocycles. The first-order chi connectivity index (χ1) is 9.49. The Bertz CT molecular complexity index is 473. The van der Waals surface area contributed by atoms with Gasteiger partial charge in [-0.05, 0) is 44.4 Å². The van der Waals surface area contributed by atoms with Crippen LogP contribution in [0.3, 0.4) is 0 Å². The summed E-state index contributed by atoms with van der Waals surface area (Å²) in [6.45, 7) is 4.00. The van der Waals surface area contributed by atoms with Crippen LogP contribution in [-0.2, 0) is 4.79 Å². The number of nitrogens with zero attached hydrogens (tertiary/aromatic N) is 1. The minimum Gasteiger partial charge on any atom is -0.491 e. The molecule has 1 aromatic rings. The summed E-state index contributed by atoms with van der Waals surface area (Å²) < 4.78 is 5.73. The summed E-state index contributed by atoms with van der Waals surface area (Å²) in [6, 6.07) is 7.82. The lowest BCUT2D eigenvalue weighted by molar-refractivity contribution is -0.131. The number of rotatable bonds is 3. The molecule has 110 valence electrons. The fourth-order valence-corrected chi connectivity index (χ4v) is 2.78. The molecule has 4 nitrogen and oxygen atoms in total. The van der Waals surface area contributed by atoms with E-state index in [4.69, 9.17) is 10.5 Å². The number of likely N-dealkylation sites (tertiary alicyclic amines) is 1. The number of amides is 1. The number of hydrogen-bond donors (Lipinski definition) is 1. The van der Waals surface area contributed by atoms with Crippen molar-refractivity contribution >= 4 is 5.91 Å². The third-order valence-corrected chi connectivity index (χ3v) is 3.72. The molecule has 1 amide bonds. The Morgan fingerprint density at radius 1 is 1.40 bits per heavy atom. The molecular formula is C16H24N2O2. The predicted octanol–water partition coefficient (Wildman–Crippen LogP) is 2.48. The Hall–Kier alpha value is -1.55. The third kappa shape index (κ3) is 3.31. The number of benzene rings is 1. The molecule has 0 radical (unpaired) electrons. The lowest BCUT2D eigenvalue weighted by atomic mass is 9.96. The predicted molar refractivity (Wildman–Crippen MR) is 79.5 cm³/mol. The molecular weight excluding hydrogens is 252 g/mol. The van der Waals surface area contributed by atoms with Gasteiger partial charge in [0.1, 0.15) is 5.75 Å². The highest BCUT2D eigenvalue weighted by molar-refractivity contribution is 5.76. The van der Waals surface area contributed by atoms with Gasteiger partial charge < -0.3 is 15.4 Å². The van der Waals surface area contributed by atoms with E-state index >= 15 is 0 Å². The molecule has 2 unspecified atom stereocenters. The summed E-state index contributed by atoms with van der Waals surface area (Å²) in [5.41, 5.74) is 7.33. The number of nitrogens with two attached hydrogens (primary N) is 1. The van der Waals surface area contributed by atoms with E-state index in [2.05, 4.69) is 0 Å². The van der Waals surface area contributed by atoms with E-state index in [1.165, 1.54) is 0 Å². The fraction of sp³-hybridized carbons (Fsp3) is 0.562. The molecule has 2 N–H and O–H groups in total. The molecule has 0 aromatic heterocycles. The van der Waals surface area contributed by atoms with Gasteiger partial charge in [0.2, 0.25) is 5.91 Å². The minimum absolute atomic E-state index is 0.0271. The number of carbonyl (C=O) groups excluding carboxylic acids is 1. The Labute approximate surface area is 120 Å². The Balaban J connectivity index is 2.29. The monoisotopic (exact) mass is 276 g/mol. The molecule has 1 aromatic carbocycles. The van der Waals surface area contributed by atoms with Crippen molar-refractivity contribution in [2.45, 2.75) is 51.3 Å². The van der Waals surface area contributed by atoms with Gasteiger partial charge in [0.25, 0.3) is 0 Å². The Morgan fingerprint density at radius 2 is 2.15 bits per heavy atom. The van der Waals surface area contributed by atoms with E-state index in [9.17, 15) is 4.79 Å². The van der Waals surface area contributed by atoms with Crippen molar-refractivity contribution in [2.24, 2.45) is 5.73 Å². The summed E-state index contributed by atoms with van der Waals surface area (Å²) in [5.74, 6) is 0.993. The van der Waals surface area contributed by atoms with Crippen LogP contribution in [0.25, 0.3) is 0 Å². The highest BCUT2D eigenvalue weighted by Crippen LogP contribution is 2.30. The van der Waals surface area contributed by atoms with Gasteiger partial charge in [-0.15, -0.1) is 0 Å². The van der Waals surface area contributed by atoms with Crippen LogP contribution >= 0.6 is 0 Å². The maximum Gasteiger partial charge on any atom is 0.222 e. The summed E-state index contributed by atoms with van der Waals surface area (Å²) in [7, 11) is 1.84. The second-order valence-electron chi connectivity index (χ2n) is 5.74. The van der Waals surface area contributed by atoms with Crippen LogP contribution in [0, 0.1) is 0 Å². The maximum atomic E-state index is 12.0. The molecule has 20 heavy (non-hydrogen) atoms. The SMILES string of the molecule is CC(C)Oc1cccc(C2C(N)CCCC(=O)N2C)c1. The van der Waals surface area contributed by atoms with Crippen molar-refractivity contribution < 1.29 is 9.53 Å². The van der Waals surface area contributed by atoms with Gasteiger partial charge in [-0.2, -0.15) is 0 Å². The van der Waals surface area contributed by atoms with Crippen LogP contribution in [0.4, 0.5) is 0 Å². The molecule has 1 saturated heterocycles. The van der Waals surface area contributed by atoms with Crippen LogP contribution in [0.15, 0.2) is 24.3 Å². The van der Waals surface area contributed by atoms with Gasteiger partial charge in [0.05, 0.1) is 12.1 Å². The third-order valence-electron chi connectivity index (χ3n) is 3.72. The zero-order valence-electron chi connectivity index (χ0n) is 12.5. The molecule has 0 bridgehead atoms. The zero-order valence-corrected chi connectivity index (χ0v) is 12.5. The fourth-order valence-electron chi connectivity index (χ4n) is 2.78. The van der Waals surface area contributed by atoms with Crippen molar-refractivity contribution in [3.63, 3.8) is 0 Å². The van der Waals surface area contributed by atoms with Crippen molar-refractivity contribution in [1.82, 2.24) is 4.90 Å². The second kappa shape index (κ2) is 6.27. The van der Waals surface area contributed by atoms with Gasteiger partial charge in [0, 0.05) is 19.5 Å². The minimum atomic E-state index is -0.0688. The van der Waals surface area contributed by atoms with Crippen LogP contribution in [-0.4, -0.2) is 30.0 Å². The second-order valence-corrected chi connectivity index (χ2v) is 5.74. The van der Waals surface area contributed by atoms with E-state index < -0.39 is 0 Å². The summed E-state index contributed by atoms with van der Waals surface area (Å²) in [5, 5.41) is 0. The molecule has 2 atom stereocenters. The van der Waals surface area contributed by atoms with Crippen molar-refractivity contribution in [3.8, 4) is 5.75 Å². The van der Waals surface area contributed by atoms with E-state index in [1.807, 2.05) is 45.2 Å². The molecule has 0 saturated carbocycles. The summed E-state index contributed by atoms with van der Waals surface area (Å²) >= 11 is 0. The number of carbonyl (C=O) groups is 1. The van der Waals surface area contributed by atoms with Crippen LogP contribution in [0.1, 0.15) is 44.7 Å². The van der Waals surface area contributed by atoms with Crippen molar-refractivity contribution in [1.29, 1.82) is 0 Å². The highest BCUT2D eigenvalue weighted by Gasteiger charge is 2.30. The largest absolute Gasteiger partial charge is 0.491 e. The van der Waals surface area contributed by atoms with E-state index in [-0.39, 0.29) is 24.1 Å². The average Bonchev–Trinajstić information content (AvgIpc) is 2.49. The quantitative estimate of drug-likeness (QED) is 0.922. The smallest absolute Gasteiger partial charge is 0.222 e. The molecule has 0 aliphatic carbocycles. The van der Waals surface area contributed by atoms with Crippen molar-refractivity contribution in [2.75, 3.05) is 7.05 Å². The normalized spacial score (nSPS) is 23.9. The van der Waals surface area contributed by atoms with Gasteiger partial charge in [-0.1, -0.05) is 12.1 Å². The Morgan fingerprint density at radius 3 is 2.85 bits per heavy atom. The average molecular weight is 276 g/mol. The van der Waals surface area contributed by atoms with Crippen LogP contribution in [0.2, 0.25) is 0 Å². The van der Waals surface area contributed by atoms with E-state index in [1.54, 1.807) is 4.90 Å². The molecule has 4 heteroatoms. The summed E-state index contributed by atoms with van der Waals surface area (Å²) in [4.78, 5) is 13.8. The van der Waals surface area contributed by atoms with Gasteiger partial charge in [0.15, 0.2) is 0 Å². The van der Waals surface area contributed by atoms with E-state index in [0.717, 1.165) is 24.2 Å². The van der Waals surface area contributed by atoms with Gasteiger partial charge in [-0.25, -0.2) is 0 Å². The van der Waals surface area contributed by atoms with Crippen LogP contribution < -0.4 is 10.5 Å². The van der Waals surface area contributed by atoms with E-state index in [0.29, 0.717) is 6.42 Å². The highest BCUT2D eigenvalue weighted by atomic mass is 16.5. The molecule has 0 spiro atoms. The number of hydrogen-bond acceptors (Lipinski definition) is 3. The van der Waals surface area contributed by atoms with Crippen molar-refractivity contribution in [3.05, 3.63) is 29.8 Å². The van der Waals surface area contributed by atoms with Gasteiger partial charge >= 0.3 is 0 Å². The maximum absolute atomic E-state index is 12.0. The standard InChI is InChI=1S/C16H24N2O2/c1-11(2)20-13-7-4-6-12(10-13)16-14(17)8-5-9-15(19)18(16)3/h4,6-7,10-11,14,16H,5,8-9,17H2,1-3H3. The first-order valence-electron chi connectivity index (χ1n) is 7.27. The molecule has 1 aliphatic heterocycles. The zero-order chi connectivity index (χ0) is 14.7.